The van der Waals surface area contributed by atoms with Crippen LogP contribution < -0.4 is 5.32 Å². The second-order valence-corrected chi connectivity index (χ2v) is 7.11. The van der Waals surface area contributed by atoms with Gasteiger partial charge in [-0.05, 0) is 38.0 Å². The molecule has 1 aliphatic rings. The molecule has 1 unspecified atom stereocenters. The first-order valence-corrected chi connectivity index (χ1v) is 9.44. The number of nitrogens with one attached hydrogen (secondary N) is 1. The van der Waals surface area contributed by atoms with Crippen molar-refractivity contribution >= 4 is 11.8 Å². The van der Waals surface area contributed by atoms with Gasteiger partial charge in [0.1, 0.15) is 6.04 Å². The van der Waals surface area contributed by atoms with Gasteiger partial charge < -0.3 is 14.6 Å². The first-order chi connectivity index (χ1) is 13.0. The number of aryl methyl sites for hydroxylation is 1. The largest absolute Gasteiger partial charge is 0.459 e. The summed E-state index contributed by atoms with van der Waals surface area (Å²) in [6.07, 6.45) is 2.37. The predicted octanol–water partition coefficient (Wildman–Crippen LogP) is 2.44. The van der Waals surface area contributed by atoms with Crippen LogP contribution in [-0.4, -0.2) is 53.8 Å². The fraction of sp³-hybridized carbons (Fsp3) is 0.429. The standard InChI is InChI=1S/C21H27N3O3/c1-16-6-8-18(9-7-16)15-23-10-4-11-24(13-12-23)21(26)17(2)22-20(25)19-5-3-14-27-19/h3,5-9,14,17H,4,10-13,15H2,1-2H3,(H,22,25). The number of benzene rings is 1. The molecule has 6 nitrogen and oxygen atoms in total. The second-order valence-electron chi connectivity index (χ2n) is 7.11. The molecule has 1 fully saturated rings. The molecule has 2 amide bonds. The third-order valence-electron chi connectivity index (χ3n) is 4.89. The minimum absolute atomic E-state index is 0.0490. The zero-order valence-corrected chi connectivity index (χ0v) is 16.0. The highest BCUT2D eigenvalue weighted by Crippen LogP contribution is 2.11. The third kappa shape index (κ3) is 5.20. The first kappa shape index (κ1) is 19.2. The van der Waals surface area contributed by atoms with Crippen molar-refractivity contribution in [3.05, 3.63) is 59.5 Å². The van der Waals surface area contributed by atoms with Crippen LogP contribution in [0.3, 0.4) is 0 Å². The van der Waals surface area contributed by atoms with Crippen LogP contribution >= 0.6 is 0 Å². The van der Waals surface area contributed by atoms with E-state index in [2.05, 4.69) is 41.4 Å². The van der Waals surface area contributed by atoms with Crippen molar-refractivity contribution in [2.45, 2.75) is 32.9 Å². The van der Waals surface area contributed by atoms with Crippen molar-refractivity contribution < 1.29 is 14.0 Å². The predicted molar refractivity (Wildman–Crippen MR) is 103 cm³/mol. The normalized spacial score (nSPS) is 16.6. The molecule has 1 aliphatic heterocycles. The van der Waals surface area contributed by atoms with E-state index in [0.29, 0.717) is 13.1 Å². The van der Waals surface area contributed by atoms with Gasteiger partial charge in [-0.3, -0.25) is 14.5 Å². The maximum absolute atomic E-state index is 12.7. The molecule has 0 spiro atoms. The van der Waals surface area contributed by atoms with E-state index in [1.807, 2.05) is 4.90 Å². The highest BCUT2D eigenvalue weighted by Gasteiger charge is 2.25. The molecule has 1 aromatic carbocycles. The van der Waals surface area contributed by atoms with E-state index in [1.165, 1.54) is 17.4 Å². The van der Waals surface area contributed by atoms with Gasteiger partial charge in [-0.1, -0.05) is 29.8 Å². The lowest BCUT2D eigenvalue weighted by Crippen LogP contribution is -2.48. The molecule has 1 saturated heterocycles. The van der Waals surface area contributed by atoms with Gasteiger partial charge >= 0.3 is 0 Å². The minimum atomic E-state index is -0.578. The molecule has 2 aromatic rings. The van der Waals surface area contributed by atoms with Crippen molar-refractivity contribution in [3.8, 4) is 0 Å². The molecule has 0 bridgehead atoms. The molecular weight excluding hydrogens is 342 g/mol. The van der Waals surface area contributed by atoms with Gasteiger partial charge in [-0.25, -0.2) is 0 Å². The SMILES string of the molecule is Cc1ccc(CN2CCCN(C(=O)C(C)NC(=O)c3ccco3)CC2)cc1. The van der Waals surface area contributed by atoms with Gasteiger partial charge in [0.05, 0.1) is 6.26 Å². The second kappa shape index (κ2) is 8.86. The number of nitrogens with zero attached hydrogens (tertiary/aromatic N) is 2. The van der Waals surface area contributed by atoms with Gasteiger partial charge in [0.25, 0.3) is 5.91 Å². The van der Waals surface area contributed by atoms with Crippen LogP contribution in [0.15, 0.2) is 47.1 Å². The molecule has 3 rings (SSSR count). The zero-order chi connectivity index (χ0) is 19.2. The van der Waals surface area contributed by atoms with E-state index in [9.17, 15) is 9.59 Å². The summed E-state index contributed by atoms with van der Waals surface area (Å²) in [4.78, 5) is 29.0. The van der Waals surface area contributed by atoms with Crippen molar-refractivity contribution in [2.75, 3.05) is 26.2 Å². The zero-order valence-electron chi connectivity index (χ0n) is 16.0. The molecule has 0 aliphatic carbocycles. The Bertz CT molecular complexity index is 755. The van der Waals surface area contributed by atoms with Crippen molar-refractivity contribution in [1.82, 2.24) is 15.1 Å². The van der Waals surface area contributed by atoms with E-state index in [1.54, 1.807) is 19.1 Å². The monoisotopic (exact) mass is 369 g/mol. The fourth-order valence-corrected chi connectivity index (χ4v) is 3.31. The maximum atomic E-state index is 12.7. The summed E-state index contributed by atoms with van der Waals surface area (Å²) in [6.45, 7) is 7.88. The molecule has 6 heteroatoms. The van der Waals surface area contributed by atoms with E-state index in [-0.39, 0.29) is 17.6 Å². The summed E-state index contributed by atoms with van der Waals surface area (Å²) < 4.78 is 5.08. The smallest absolute Gasteiger partial charge is 0.287 e. The molecule has 0 radical (unpaired) electrons. The van der Waals surface area contributed by atoms with Gasteiger partial charge in [0, 0.05) is 32.7 Å². The number of rotatable bonds is 5. The van der Waals surface area contributed by atoms with Crippen molar-refractivity contribution in [3.63, 3.8) is 0 Å². The van der Waals surface area contributed by atoms with Crippen LogP contribution in [0, 0.1) is 6.92 Å². The Balaban J connectivity index is 1.51. The average molecular weight is 369 g/mol. The summed E-state index contributed by atoms with van der Waals surface area (Å²) in [5.74, 6) is -0.196. The van der Waals surface area contributed by atoms with Crippen molar-refractivity contribution in [1.29, 1.82) is 0 Å². The summed E-state index contributed by atoms with van der Waals surface area (Å²) >= 11 is 0. The number of hydrogen-bond acceptors (Lipinski definition) is 4. The van der Waals surface area contributed by atoms with Crippen LogP contribution in [0.4, 0.5) is 0 Å². The van der Waals surface area contributed by atoms with Crippen LogP contribution in [0.25, 0.3) is 0 Å². The van der Waals surface area contributed by atoms with Crippen LogP contribution in [0.5, 0.6) is 0 Å². The highest BCUT2D eigenvalue weighted by molar-refractivity contribution is 5.95. The maximum Gasteiger partial charge on any atom is 0.287 e. The van der Waals surface area contributed by atoms with Gasteiger partial charge in [-0.2, -0.15) is 0 Å². The average Bonchev–Trinajstić information content (AvgIpc) is 3.10. The number of amides is 2. The van der Waals surface area contributed by atoms with E-state index >= 15 is 0 Å². The Kier molecular flexibility index (Phi) is 6.29. The molecule has 144 valence electrons. The quantitative estimate of drug-likeness (QED) is 0.879. The number of carbonyl (C=O) groups is 2. The minimum Gasteiger partial charge on any atom is -0.459 e. The Hall–Kier alpha value is -2.60. The Labute approximate surface area is 160 Å². The van der Waals surface area contributed by atoms with E-state index < -0.39 is 6.04 Å². The summed E-state index contributed by atoms with van der Waals surface area (Å²) in [7, 11) is 0. The number of furan rings is 1. The summed E-state index contributed by atoms with van der Waals surface area (Å²) in [5.41, 5.74) is 2.55. The Morgan fingerprint density at radius 2 is 1.89 bits per heavy atom. The molecule has 1 N–H and O–H groups in total. The molecule has 2 heterocycles. The lowest BCUT2D eigenvalue weighted by Gasteiger charge is -2.25. The van der Waals surface area contributed by atoms with Crippen molar-refractivity contribution in [2.24, 2.45) is 0 Å². The van der Waals surface area contributed by atoms with Crippen LogP contribution in [0.2, 0.25) is 0 Å². The molecule has 1 atom stereocenters. The molecule has 1 aromatic heterocycles. The lowest BCUT2D eigenvalue weighted by molar-refractivity contribution is -0.132. The number of carbonyl (C=O) groups excluding carboxylic acids is 2. The highest BCUT2D eigenvalue weighted by atomic mass is 16.3. The van der Waals surface area contributed by atoms with E-state index in [0.717, 1.165) is 26.1 Å². The van der Waals surface area contributed by atoms with E-state index in [4.69, 9.17) is 4.42 Å². The van der Waals surface area contributed by atoms with Crippen LogP contribution in [0.1, 0.15) is 35.0 Å². The van der Waals surface area contributed by atoms with Crippen LogP contribution in [-0.2, 0) is 11.3 Å². The summed E-state index contributed by atoms with van der Waals surface area (Å²) in [6, 6.07) is 11.2. The Morgan fingerprint density at radius 3 is 2.59 bits per heavy atom. The fourth-order valence-electron chi connectivity index (χ4n) is 3.31. The summed E-state index contributed by atoms with van der Waals surface area (Å²) in [5, 5.41) is 2.72. The lowest BCUT2D eigenvalue weighted by atomic mass is 10.1. The van der Waals surface area contributed by atoms with Gasteiger partial charge in [0.15, 0.2) is 5.76 Å². The molecular formula is C21H27N3O3. The number of hydrogen-bond donors (Lipinski definition) is 1. The topological polar surface area (TPSA) is 65.8 Å². The Morgan fingerprint density at radius 1 is 1.11 bits per heavy atom. The third-order valence-corrected chi connectivity index (χ3v) is 4.89. The van der Waals surface area contributed by atoms with Gasteiger partial charge in [0.2, 0.25) is 5.91 Å². The molecule has 27 heavy (non-hydrogen) atoms. The van der Waals surface area contributed by atoms with Gasteiger partial charge in [-0.15, -0.1) is 0 Å². The first-order valence-electron chi connectivity index (χ1n) is 9.44. The molecule has 0 saturated carbocycles.